The number of carbonyl (C=O) groups is 2. The Labute approximate surface area is 89.8 Å². The summed E-state index contributed by atoms with van der Waals surface area (Å²) in [6, 6.07) is -0.223. The maximum atomic E-state index is 11.2. The standard InChI is InChI=1S/C10H19NO4/c1-3-8(7-12)11-9(13)5-6-10(14)15-4-2/h8,12H,3-7H2,1-2H3,(H,11,13)/t8-/m0/s1. The van der Waals surface area contributed by atoms with Gasteiger partial charge in [-0.1, -0.05) is 6.92 Å². The molecule has 15 heavy (non-hydrogen) atoms. The van der Waals surface area contributed by atoms with Crippen LogP contribution in [0.4, 0.5) is 0 Å². The van der Waals surface area contributed by atoms with Gasteiger partial charge in [0.05, 0.1) is 25.7 Å². The summed E-state index contributed by atoms with van der Waals surface area (Å²) in [6.07, 6.45) is 0.860. The molecule has 0 spiro atoms. The van der Waals surface area contributed by atoms with Crippen molar-refractivity contribution in [3.05, 3.63) is 0 Å². The zero-order valence-corrected chi connectivity index (χ0v) is 9.28. The molecule has 0 aliphatic carbocycles. The number of aliphatic hydroxyl groups is 1. The normalized spacial score (nSPS) is 11.9. The van der Waals surface area contributed by atoms with Crippen molar-refractivity contribution >= 4 is 11.9 Å². The molecule has 0 unspecified atom stereocenters. The molecular formula is C10H19NO4. The van der Waals surface area contributed by atoms with Crippen molar-refractivity contribution in [3.8, 4) is 0 Å². The van der Waals surface area contributed by atoms with Crippen LogP contribution in [0.1, 0.15) is 33.1 Å². The first-order valence-corrected chi connectivity index (χ1v) is 5.19. The van der Waals surface area contributed by atoms with Crippen LogP contribution in [-0.2, 0) is 14.3 Å². The van der Waals surface area contributed by atoms with E-state index in [0.29, 0.717) is 13.0 Å². The highest BCUT2D eigenvalue weighted by molar-refractivity contribution is 5.81. The molecule has 5 nitrogen and oxygen atoms in total. The largest absolute Gasteiger partial charge is 0.466 e. The van der Waals surface area contributed by atoms with Crippen LogP contribution in [0.15, 0.2) is 0 Å². The van der Waals surface area contributed by atoms with Gasteiger partial charge in [0, 0.05) is 6.42 Å². The molecule has 0 aliphatic rings. The fourth-order valence-corrected chi connectivity index (χ4v) is 1.03. The highest BCUT2D eigenvalue weighted by atomic mass is 16.5. The van der Waals surface area contributed by atoms with Gasteiger partial charge in [0.15, 0.2) is 0 Å². The average Bonchev–Trinajstić information content (AvgIpc) is 2.23. The molecule has 0 fully saturated rings. The molecule has 5 heteroatoms. The number of hydrogen-bond donors (Lipinski definition) is 2. The molecule has 0 aromatic carbocycles. The SMILES string of the molecule is CCOC(=O)CCC(=O)N[C@@H](CC)CO. The first kappa shape index (κ1) is 13.9. The fraction of sp³-hybridized carbons (Fsp3) is 0.800. The van der Waals surface area contributed by atoms with Crippen LogP contribution in [0.25, 0.3) is 0 Å². The minimum Gasteiger partial charge on any atom is -0.466 e. The lowest BCUT2D eigenvalue weighted by atomic mass is 10.2. The van der Waals surface area contributed by atoms with Crippen LogP contribution in [0, 0.1) is 0 Å². The third-order valence-electron chi connectivity index (χ3n) is 1.94. The van der Waals surface area contributed by atoms with E-state index in [1.54, 1.807) is 6.92 Å². The molecule has 0 rings (SSSR count). The van der Waals surface area contributed by atoms with Crippen molar-refractivity contribution in [1.82, 2.24) is 5.32 Å². The number of aliphatic hydroxyl groups excluding tert-OH is 1. The third-order valence-corrected chi connectivity index (χ3v) is 1.94. The Bertz CT molecular complexity index is 202. The monoisotopic (exact) mass is 217 g/mol. The third kappa shape index (κ3) is 6.90. The molecule has 1 amide bonds. The minimum absolute atomic E-state index is 0.0817. The first-order valence-electron chi connectivity index (χ1n) is 5.19. The summed E-state index contributed by atoms with van der Waals surface area (Å²) in [5.74, 6) is -0.603. The number of carbonyl (C=O) groups excluding carboxylic acids is 2. The van der Waals surface area contributed by atoms with Crippen LogP contribution in [0.5, 0.6) is 0 Å². The zero-order chi connectivity index (χ0) is 11.7. The predicted molar refractivity (Wildman–Crippen MR) is 55.2 cm³/mol. The Morgan fingerprint density at radius 2 is 2.00 bits per heavy atom. The Morgan fingerprint density at radius 1 is 1.33 bits per heavy atom. The number of hydrogen-bond acceptors (Lipinski definition) is 4. The summed E-state index contributed by atoms with van der Waals surface area (Å²) in [4.78, 5) is 22.2. The summed E-state index contributed by atoms with van der Waals surface area (Å²) < 4.78 is 4.68. The smallest absolute Gasteiger partial charge is 0.306 e. The van der Waals surface area contributed by atoms with Gasteiger partial charge < -0.3 is 15.2 Å². The zero-order valence-electron chi connectivity index (χ0n) is 9.28. The number of ether oxygens (including phenoxy) is 1. The van der Waals surface area contributed by atoms with Crippen LogP contribution in [-0.4, -0.2) is 36.2 Å². The molecule has 0 radical (unpaired) electrons. The van der Waals surface area contributed by atoms with Gasteiger partial charge in [-0.05, 0) is 13.3 Å². The second-order valence-corrected chi connectivity index (χ2v) is 3.16. The van der Waals surface area contributed by atoms with Gasteiger partial charge >= 0.3 is 5.97 Å². The van der Waals surface area contributed by atoms with E-state index in [-0.39, 0.29) is 37.4 Å². The van der Waals surface area contributed by atoms with Crippen molar-refractivity contribution < 1.29 is 19.4 Å². The Balaban J connectivity index is 3.69. The molecule has 0 aromatic heterocycles. The van der Waals surface area contributed by atoms with Crippen molar-refractivity contribution in [2.75, 3.05) is 13.2 Å². The molecule has 0 saturated heterocycles. The Kier molecular flexibility index (Phi) is 7.62. The van der Waals surface area contributed by atoms with E-state index in [1.165, 1.54) is 0 Å². The second kappa shape index (κ2) is 8.23. The van der Waals surface area contributed by atoms with Crippen LogP contribution < -0.4 is 5.32 Å². The molecule has 1 atom stereocenters. The highest BCUT2D eigenvalue weighted by Crippen LogP contribution is 1.95. The average molecular weight is 217 g/mol. The van der Waals surface area contributed by atoms with E-state index in [9.17, 15) is 9.59 Å². The van der Waals surface area contributed by atoms with Gasteiger partial charge in [0.1, 0.15) is 0 Å². The van der Waals surface area contributed by atoms with Crippen molar-refractivity contribution in [1.29, 1.82) is 0 Å². The molecular weight excluding hydrogens is 198 g/mol. The maximum absolute atomic E-state index is 11.2. The summed E-state index contributed by atoms with van der Waals surface area (Å²) in [6.45, 7) is 3.83. The highest BCUT2D eigenvalue weighted by Gasteiger charge is 2.11. The fourth-order valence-electron chi connectivity index (χ4n) is 1.03. The summed E-state index contributed by atoms with van der Waals surface area (Å²) in [5.41, 5.74) is 0. The summed E-state index contributed by atoms with van der Waals surface area (Å²) in [7, 11) is 0. The Morgan fingerprint density at radius 3 is 2.47 bits per heavy atom. The van der Waals surface area contributed by atoms with E-state index in [1.807, 2.05) is 6.92 Å². The Hall–Kier alpha value is -1.10. The van der Waals surface area contributed by atoms with Gasteiger partial charge in [-0.3, -0.25) is 9.59 Å². The molecule has 0 bridgehead atoms. The minimum atomic E-state index is -0.371. The van der Waals surface area contributed by atoms with Gasteiger partial charge in [-0.15, -0.1) is 0 Å². The molecule has 2 N–H and O–H groups in total. The number of esters is 1. The van der Waals surface area contributed by atoms with Crippen LogP contribution in [0.2, 0.25) is 0 Å². The molecule has 88 valence electrons. The molecule has 0 aliphatic heterocycles. The van der Waals surface area contributed by atoms with Crippen molar-refractivity contribution in [3.63, 3.8) is 0 Å². The van der Waals surface area contributed by atoms with Gasteiger partial charge in [0.25, 0.3) is 0 Å². The first-order chi connectivity index (χ1) is 7.13. The van der Waals surface area contributed by atoms with E-state index in [0.717, 1.165) is 0 Å². The molecule has 0 aromatic rings. The van der Waals surface area contributed by atoms with Crippen LogP contribution in [0.3, 0.4) is 0 Å². The topological polar surface area (TPSA) is 75.6 Å². The number of amides is 1. The second-order valence-electron chi connectivity index (χ2n) is 3.16. The lowest BCUT2D eigenvalue weighted by Crippen LogP contribution is -2.37. The van der Waals surface area contributed by atoms with E-state index < -0.39 is 0 Å². The molecule has 0 saturated carbocycles. The molecule has 0 heterocycles. The lowest BCUT2D eigenvalue weighted by Gasteiger charge is -2.13. The predicted octanol–water partition coefficient (Wildman–Crippen LogP) is 0.217. The van der Waals surface area contributed by atoms with Gasteiger partial charge in [-0.2, -0.15) is 0 Å². The lowest BCUT2D eigenvalue weighted by molar-refractivity contribution is -0.144. The van der Waals surface area contributed by atoms with Gasteiger partial charge in [-0.25, -0.2) is 0 Å². The van der Waals surface area contributed by atoms with E-state index >= 15 is 0 Å². The van der Waals surface area contributed by atoms with E-state index in [2.05, 4.69) is 10.1 Å². The maximum Gasteiger partial charge on any atom is 0.306 e. The number of rotatable bonds is 7. The quantitative estimate of drug-likeness (QED) is 0.598. The van der Waals surface area contributed by atoms with E-state index in [4.69, 9.17) is 5.11 Å². The van der Waals surface area contributed by atoms with Crippen LogP contribution >= 0.6 is 0 Å². The van der Waals surface area contributed by atoms with Crippen molar-refractivity contribution in [2.45, 2.75) is 39.2 Å². The summed E-state index contributed by atoms with van der Waals surface area (Å²) in [5, 5.41) is 11.4. The summed E-state index contributed by atoms with van der Waals surface area (Å²) >= 11 is 0. The van der Waals surface area contributed by atoms with Gasteiger partial charge in [0.2, 0.25) is 5.91 Å². The van der Waals surface area contributed by atoms with Crippen molar-refractivity contribution in [2.24, 2.45) is 0 Å². The number of nitrogens with one attached hydrogen (secondary N) is 1.